The Morgan fingerprint density at radius 2 is 1.65 bits per heavy atom. The minimum atomic E-state index is -4.42. The molecule has 2 heterocycles. The second-order valence-corrected chi connectivity index (χ2v) is 9.22. The van der Waals surface area contributed by atoms with Gasteiger partial charge in [-0.3, -0.25) is 9.78 Å². The molecular formula is C29H27ClF3N3O. The van der Waals surface area contributed by atoms with Crippen LogP contribution in [0, 0.1) is 5.92 Å². The number of alkyl halides is 3. The lowest BCUT2D eigenvalue weighted by Gasteiger charge is -2.32. The number of nitrogens with one attached hydrogen (secondary N) is 1. The molecule has 1 N–H and O–H groups in total. The SMILES string of the molecule is Cl.O=C(c1ccc(Nc2ccnc3cc(C(F)(F)F)ccc23)cc1)N1CCC(Cc2ccccc2)CC1. The quantitative estimate of drug-likeness (QED) is 0.293. The first-order valence-electron chi connectivity index (χ1n) is 12.0. The predicted octanol–water partition coefficient (Wildman–Crippen LogP) is 7.51. The number of rotatable bonds is 5. The number of aromatic nitrogens is 1. The van der Waals surface area contributed by atoms with Gasteiger partial charge >= 0.3 is 6.18 Å². The fraction of sp³-hybridized carbons (Fsp3) is 0.241. The van der Waals surface area contributed by atoms with Crippen molar-refractivity contribution in [1.82, 2.24) is 9.88 Å². The molecule has 0 saturated carbocycles. The largest absolute Gasteiger partial charge is 0.416 e. The van der Waals surface area contributed by atoms with Crippen molar-refractivity contribution < 1.29 is 18.0 Å². The normalized spacial score (nSPS) is 14.3. The van der Waals surface area contributed by atoms with Crippen LogP contribution in [0.1, 0.15) is 34.3 Å². The molecule has 8 heteroatoms. The third-order valence-electron chi connectivity index (χ3n) is 6.75. The third kappa shape index (κ3) is 6.23. The Bertz CT molecular complexity index is 1350. The van der Waals surface area contributed by atoms with Crippen LogP contribution in [0.3, 0.4) is 0 Å². The van der Waals surface area contributed by atoms with Crippen molar-refractivity contribution in [3.05, 3.63) is 102 Å². The van der Waals surface area contributed by atoms with Crippen molar-refractivity contribution in [2.75, 3.05) is 18.4 Å². The molecule has 5 rings (SSSR count). The molecule has 0 spiro atoms. The van der Waals surface area contributed by atoms with E-state index in [4.69, 9.17) is 0 Å². The summed E-state index contributed by atoms with van der Waals surface area (Å²) < 4.78 is 39.1. The molecule has 1 aliphatic rings. The van der Waals surface area contributed by atoms with Gasteiger partial charge in [-0.1, -0.05) is 36.4 Å². The molecule has 1 fully saturated rings. The fourth-order valence-corrected chi connectivity index (χ4v) is 4.76. The Balaban J connectivity index is 0.00000320. The van der Waals surface area contributed by atoms with E-state index in [2.05, 4.69) is 34.6 Å². The van der Waals surface area contributed by atoms with Crippen molar-refractivity contribution in [3.8, 4) is 0 Å². The summed E-state index contributed by atoms with van der Waals surface area (Å²) in [5, 5.41) is 3.82. The molecule has 0 unspecified atom stereocenters. The highest BCUT2D eigenvalue weighted by atomic mass is 35.5. The molecule has 192 valence electrons. The number of nitrogens with zero attached hydrogens (tertiary/aromatic N) is 2. The maximum absolute atomic E-state index is 13.0. The molecule has 0 radical (unpaired) electrons. The predicted molar refractivity (Wildman–Crippen MR) is 142 cm³/mol. The lowest BCUT2D eigenvalue weighted by Crippen LogP contribution is -2.38. The van der Waals surface area contributed by atoms with Crippen LogP contribution in [-0.4, -0.2) is 28.9 Å². The number of halogens is 4. The van der Waals surface area contributed by atoms with Crippen LogP contribution >= 0.6 is 12.4 Å². The smallest absolute Gasteiger partial charge is 0.355 e. The van der Waals surface area contributed by atoms with Crippen LogP contribution in [0.4, 0.5) is 24.5 Å². The second-order valence-electron chi connectivity index (χ2n) is 9.22. The summed E-state index contributed by atoms with van der Waals surface area (Å²) in [7, 11) is 0. The van der Waals surface area contributed by atoms with Crippen LogP contribution in [-0.2, 0) is 12.6 Å². The summed E-state index contributed by atoms with van der Waals surface area (Å²) in [6, 6.07) is 22.9. The Morgan fingerprint density at radius 3 is 2.32 bits per heavy atom. The van der Waals surface area contributed by atoms with E-state index >= 15 is 0 Å². The summed E-state index contributed by atoms with van der Waals surface area (Å²) in [5.74, 6) is 0.610. The first-order chi connectivity index (χ1) is 17.4. The van der Waals surface area contributed by atoms with Crippen molar-refractivity contribution in [3.63, 3.8) is 0 Å². The van der Waals surface area contributed by atoms with Crippen molar-refractivity contribution >= 4 is 40.6 Å². The van der Waals surface area contributed by atoms with E-state index in [1.54, 1.807) is 18.2 Å². The Hall–Kier alpha value is -3.58. The minimum absolute atomic E-state index is 0. The van der Waals surface area contributed by atoms with Crippen LogP contribution in [0.2, 0.25) is 0 Å². The molecule has 37 heavy (non-hydrogen) atoms. The molecular weight excluding hydrogens is 499 g/mol. The number of hydrogen-bond donors (Lipinski definition) is 1. The maximum atomic E-state index is 13.0. The van der Waals surface area contributed by atoms with Gasteiger partial charge < -0.3 is 10.2 Å². The topological polar surface area (TPSA) is 45.2 Å². The average Bonchev–Trinajstić information content (AvgIpc) is 2.89. The first-order valence-corrected chi connectivity index (χ1v) is 12.0. The van der Waals surface area contributed by atoms with Crippen LogP contribution in [0.5, 0.6) is 0 Å². The van der Waals surface area contributed by atoms with E-state index < -0.39 is 11.7 Å². The highest BCUT2D eigenvalue weighted by molar-refractivity contribution is 5.96. The van der Waals surface area contributed by atoms with Gasteiger partial charge in [-0.05, 0) is 73.2 Å². The number of fused-ring (bicyclic) bond motifs is 1. The molecule has 3 aromatic carbocycles. The van der Waals surface area contributed by atoms with E-state index in [-0.39, 0.29) is 23.8 Å². The van der Waals surface area contributed by atoms with E-state index in [0.29, 0.717) is 22.6 Å². The van der Waals surface area contributed by atoms with Gasteiger partial charge in [-0.2, -0.15) is 13.2 Å². The van der Waals surface area contributed by atoms with Crippen molar-refractivity contribution in [2.24, 2.45) is 5.92 Å². The van der Waals surface area contributed by atoms with Crippen molar-refractivity contribution in [1.29, 1.82) is 0 Å². The van der Waals surface area contributed by atoms with Gasteiger partial charge in [0.15, 0.2) is 0 Å². The second kappa shape index (κ2) is 11.2. The van der Waals surface area contributed by atoms with Crippen LogP contribution < -0.4 is 5.32 Å². The number of amides is 1. The zero-order valence-electron chi connectivity index (χ0n) is 20.0. The highest BCUT2D eigenvalue weighted by Gasteiger charge is 2.30. The zero-order valence-corrected chi connectivity index (χ0v) is 20.9. The molecule has 4 aromatic rings. The molecule has 0 aliphatic carbocycles. The number of benzene rings is 3. The lowest BCUT2D eigenvalue weighted by atomic mass is 9.90. The van der Waals surface area contributed by atoms with E-state index in [1.165, 1.54) is 17.8 Å². The van der Waals surface area contributed by atoms with E-state index in [0.717, 1.165) is 50.2 Å². The van der Waals surface area contributed by atoms with Gasteiger partial charge in [-0.15, -0.1) is 12.4 Å². The standard InChI is InChI=1S/C29H26F3N3O.ClH/c30-29(31,32)23-8-11-25-26(12-15-33-27(25)19-23)34-24-9-6-22(7-10-24)28(36)35-16-13-21(14-17-35)18-20-4-2-1-3-5-20;/h1-12,15,19,21H,13-14,16-18H2,(H,33,34);1H. The summed E-state index contributed by atoms with van der Waals surface area (Å²) in [6.07, 6.45) is 0.0876. The number of hydrogen-bond acceptors (Lipinski definition) is 3. The van der Waals surface area contributed by atoms with E-state index in [1.807, 2.05) is 23.1 Å². The van der Waals surface area contributed by atoms with Gasteiger partial charge in [0.05, 0.1) is 11.1 Å². The number of carbonyl (C=O) groups excluding carboxylic acids is 1. The van der Waals surface area contributed by atoms with E-state index in [9.17, 15) is 18.0 Å². The number of pyridine rings is 1. The monoisotopic (exact) mass is 525 g/mol. The average molecular weight is 526 g/mol. The van der Waals surface area contributed by atoms with Gasteiger partial charge in [0.25, 0.3) is 5.91 Å². The van der Waals surface area contributed by atoms with Gasteiger partial charge in [0, 0.05) is 41.6 Å². The number of anilines is 2. The van der Waals surface area contributed by atoms with Crippen LogP contribution in [0.25, 0.3) is 10.9 Å². The summed E-state index contributed by atoms with van der Waals surface area (Å²) in [5.41, 5.74) is 2.88. The van der Waals surface area contributed by atoms with Gasteiger partial charge in [-0.25, -0.2) is 0 Å². The third-order valence-corrected chi connectivity index (χ3v) is 6.75. The molecule has 0 bridgehead atoms. The zero-order chi connectivity index (χ0) is 25.1. The molecule has 1 aromatic heterocycles. The summed E-state index contributed by atoms with van der Waals surface area (Å²) >= 11 is 0. The highest BCUT2D eigenvalue weighted by Crippen LogP contribution is 2.33. The Kier molecular flexibility index (Phi) is 8.03. The minimum Gasteiger partial charge on any atom is -0.355 e. The number of likely N-dealkylation sites (tertiary alicyclic amines) is 1. The first kappa shape index (κ1) is 26.5. The molecule has 0 atom stereocenters. The molecule has 4 nitrogen and oxygen atoms in total. The fourth-order valence-electron chi connectivity index (χ4n) is 4.76. The number of piperidine rings is 1. The van der Waals surface area contributed by atoms with Crippen molar-refractivity contribution in [2.45, 2.75) is 25.4 Å². The number of carbonyl (C=O) groups is 1. The summed E-state index contributed by atoms with van der Waals surface area (Å²) in [6.45, 7) is 1.50. The molecule has 1 saturated heterocycles. The Labute approximate surface area is 219 Å². The molecule has 1 amide bonds. The summed E-state index contributed by atoms with van der Waals surface area (Å²) in [4.78, 5) is 19.0. The lowest BCUT2D eigenvalue weighted by molar-refractivity contribution is -0.137. The Morgan fingerprint density at radius 1 is 0.946 bits per heavy atom. The van der Waals surface area contributed by atoms with Crippen LogP contribution in [0.15, 0.2) is 85.1 Å². The van der Waals surface area contributed by atoms with Gasteiger partial charge in [0.2, 0.25) is 0 Å². The maximum Gasteiger partial charge on any atom is 0.416 e. The molecule has 1 aliphatic heterocycles. The van der Waals surface area contributed by atoms with Gasteiger partial charge in [0.1, 0.15) is 0 Å².